The maximum atomic E-state index is 12.8. The van der Waals surface area contributed by atoms with E-state index < -0.39 is 17.6 Å². The Balaban J connectivity index is 2.87. The maximum absolute atomic E-state index is 12.8. The molecule has 1 aromatic carbocycles. The predicted molar refractivity (Wildman–Crippen MR) is 47.5 cm³/mol. The zero-order valence-electron chi connectivity index (χ0n) is 7.58. The van der Waals surface area contributed by atoms with Crippen LogP contribution < -0.4 is 0 Å². The van der Waals surface area contributed by atoms with Crippen molar-refractivity contribution in [3.8, 4) is 0 Å². The van der Waals surface area contributed by atoms with Crippen molar-refractivity contribution in [3.05, 3.63) is 35.1 Å². The zero-order valence-corrected chi connectivity index (χ0v) is 7.58. The topological polar surface area (TPSA) is 54.4 Å². The van der Waals surface area contributed by atoms with Gasteiger partial charge in [-0.3, -0.25) is 4.79 Å². The number of carbonyl (C=O) groups is 2. The minimum absolute atomic E-state index is 0.270. The summed E-state index contributed by atoms with van der Waals surface area (Å²) in [7, 11) is 0. The van der Waals surface area contributed by atoms with Crippen LogP contribution in [0.1, 0.15) is 11.1 Å². The van der Waals surface area contributed by atoms with Crippen LogP contribution in [0.4, 0.5) is 4.39 Å². The van der Waals surface area contributed by atoms with E-state index in [4.69, 9.17) is 5.11 Å². The van der Waals surface area contributed by atoms with Gasteiger partial charge in [-0.2, -0.15) is 0 Å². The van der Waals surface area contributed by atoms with Crippen LogP contribution in [-0.4, -0.2) is 16.9 Å². The van der Waals surface area contributed by atoms with Crippen LogP contribution in [0.5, 0.6) is 0 Å². The van der Waals surface area contributed by atoms with Gasteiger partial charge in [0.15, 0.2) is 0 Å². The summed E-state index contributed by atoms with van der Waals surface area (Å²) in [6, 6.07) is 4.06. The number of aryl methyl sites for hydroxylation is 1. The van der Waals surface area contributed by atoms with Crippen molar-refractivity contribution in [2.75, 3.05) is 0 Å². The summed E-state index contributed by atoms with van der Waals surface area (Å²) < 4.78 is 12.8. The summed E-state index contributed by atoms with van der Waals surface area (Å²) in [4.78, 5) is 21.0. The molecule has 0 unspecified atom stereocenters. The van der Waals surface area contributed by atoms with Gasteiger partial charge >= 0.3 is 5.97 Å². The first-order valence-electron chi connectivity index (χ1n) is 4.01. The summed E-state index contributed by atoms with van der Waals surface area (Å²) in [5.41, 5.74) is 1.05. The molecule has 0 aliphatic carbocycles. The van der Waals surface area contributed by atoms with Crippen molar-refractivity contribution in [1.29, 1.82) is 0 Å². The monoisotopic (exact) mass is 196 g/mol. The van der Waals surface area contributed by atoms with Crippen molar-refractivity contribution in [2.45, 2.75) is 13.3 Å². The largest absolute Gasteiger partial charge is 0.475 e. The molecule has 0 bridgehead atoms. The van der Waals surface area contributed by atoms with Gasteiger partial charge in [-0.25, -0.2) is 9.18 Å². The van der Waals surface area contributed by atoms with E-state index in [-0.39, 0.29) is 6.42 Å². The zero-order chi connectivity index (χ0) is 10.7. The average Bonchev–Trinajstić information content (AvgIpc) is 2.01. The Morgan fingerprint density at radius 3 is 2.50 bits per heavy atom. The number of hydrogen-bond acceptors (Lipinski definition) is 2. The third kappa shape index (κ3) is 2.65. The number of carboxylic acid groups (broad SMARTS) is 1. The molecule has 14 heavy (non-hydrogen) atoms. The Bertz CT molecular complexity index is 365. The van der Waals surface area contributed by atoms with Gasteiger partial charge in [-0.1, -0.05) is 6.07 Å². The Kier molecular flexibility index (Phi) is 2.96. The SMILES string of the molecule is Cc1cc(F)cc(CC(=O)C(=O)O)c1. The van der Waals surface area contributed by atoms with Gasteiger partial charge < -0.3 is 5.11 Å². The standard InChI is InChI=1S/C10H9FO3/c1-6-2-7(4-8(11)3-6)5-9(12)10(13)14/h2-4H,5H2,1H3,(H,13,14). The molecule has 3 nitrogen and oxygen atoms in total. The van der Waals surface area contributed by atoms with E-state index in [1.807, 2.05) is 0 Å². The lowest BCUT2D eigenvalue weighted by Gasteiger charge is -2.00. The fourth-order valence-electron chi connectivity index (χ4n) is 1.18. The van der Waals surface area contributed by atoms with Crippen LogP contribution in [-0.2, 0) is 16.0 Å². The second kappa shape index (κ2) is 4.00. The molecule has 0 heterocycles. The Morgan fingerprint density at radius 1 is 1.36 bits per heavy atom. The number of carboxylic acids is 1. The fraction of sp³-hybridized carbons (Fsp3) is 0.200. The molecule has 0 aliphatic heterocycles. The third-order valence-corrected chi connectivity index (χ3v) is 1.71. The molecular formula is C10H9FO3. The van der Waals surface area contributed by atoms with Crippen molar-refractivity contribution in [2.24, 2.45) is 0 Å². The number of aliphatic carboxylic acids is 1. The molecule has 0 fully saturated rings. The van der Waals surface area contributed by atoms with E-state index >= 15 is 0 Å². The Labute approximate surface area is 80.2 Å². The molecule has 1 N–H and O–H groups in total. The molecule has 4 heteroatoms. The van der Waals surface area contributed by atoms with Crippen molar-refractivity contribution < 1.29 is 19.1 Å². The highest BCUT2D eigenvalue weighted by Crippen LogP contribution is 2.09. The second-order valence-electron chi connectivity index (χ2n) is 3.04. The smallest absolute Gasteiger partial charge is 0.372 e. The molecule has 0 spiro atoms. The Morgan fingerprint density at radius 2 is 2.00 bits per heavy atom. The summed E-state index contributed by atoms with van der Waals surface area (Å²) in [6.45, 7) is 1.68. The maximum Gasteiger partial charge on any atom is 0.372 e. The van der Waals surface area contributed by atoms with E-state index in [0.29, 0.717) is 11.1 Å². The van der Waals surface area contributed by atoms with Crippen LogP contribution in [0.2, 0.25) is 0 Å². The highest BCUT2D eigenvalue weighted by molar-refractivity contribution is 6.33. The highest BCUT2D eigenvalue weighted by atomic mass is 19.1. The summed E-state index contributed by atoms with van der Waals surface area (Å²) in [5, 5.41) is 8.34. The van der Waals surface area contributed by atoms with Crippen LogP contribution in [0.3, 0.4) is 0 Å². The number of hydrogen-bond donors (Lipinski definition) is 1. The molecular weight excluding hydrogens is 187 g/mol. The molecule has 1 rings (SSSR count). The number of carbonyl (C=O) groups excluding carboxylic acids is 1. The number of benzene rings is 1. The summed E-state index contributed by atoms with van der Waals surface area (Å²) in [6.07, 6.45) is -0.270. The predicted octanol–water partition coefficient (Wildman–Crippen LogP) is 1.33. The van der Waals surface area contributed by atoms with Gasteiger partial charge in [0.2, 0.25) is 5.78 Å². The van der Waals surface area contributed by atoms with Crippen LogP contribution in [0.25, 0.3) is 0 Å². The first kappa shape index (κ1) is 10.4. The molecule has 0 saturated carbocycles. The molecule has 0 atom stereocenters. The first-order chi connectivity index (χ1) is 6.49. The first-order valence-corrected chi connectivity index (χ1v) is 4.01. The van der Waals surface area contributed by atoms with Gasteiger partial charge in [-0.05, 0) is 30.2 Å². The van der Waals surface area contributed by atoms with Crippen molar-refractivity contribution in [3.63, 3.8) is 0 Å². The number of Topliss-reactive ketones (excluding diaryl/α,β-unsaturated/α-hetero) is 1. The molecule has 0 saturated heterocycles. The van der Waals surface area contributed by atoms with Gasteiger partial charge in [0.05, 0.1) is 0 Å². The van der Waals surface area contributed by atoms with Crippen molar-refractivity contribution >= 4 is 11.8 Å². The molecule has 1 aromatic rings. The number of halogens is 1. The van der Waals surface area contributed by atoms with Crippen molar-refractivity contribution in [1.82, 2.24) is 0 Å². The minimum atomic E-state index is -1.49. The third-order valence-electron chi connectivity index (χ3n) is 1.71. The molecule has 0 aromatic heterocycles. The average molecular weight is 196 g/mol. The lowest BCUT2D eigenvalue weighted by molar-refractivity contribution is -0.148. The van der Waals surface area contributed by atoms with Crippen LogP contribution >= 0.6 is 0 Å². The van der Waals surface area contributed by atoms with Gasteiger partial charge in [0.1, 0.15) is 5.82 Å². The normalized spacial score (nSPS) is 9.86. The van der Waals surface area contributed by atoms with E-state index in [1.54, 1.807) is 13.0 Å². The fourth-order valence-corrected chi connectivity index (χ4v) is 1.18. The number of rotatable bonds is 3. The molecule has 74 valence electrons. The van der Waals surface area contributed by atoms with Gasteiger partial charge in [0, 0.05) is 6.42 Å². The second-order valence-corrected chi connectivity index (χ2v) is 3.04. The van der Waals surface area contributed by atoms with E-state index in [9.17, 15) is 14.0 Å². The quantitative estimate of drug-likeness (QED) is 0.742. The summed E-state index contributed by atoms with van der Waals surface area (Å²) in [5.74, 6) is -2.89. The summed E-state index contributed by atoms with van der Waals surface area (Å²) >= 11 is 0. The van der Waals surface area contributed by atoms with Gasteiger partial charge in [0.25, 0.3) is 0 Å². The van der Waals surface area contributed by atoms with E-state index in [1.165, 1.54) is 6.07 Å². The van der Waals surface area contributed by atoms with Crippen LogP contribution in [0.15, 0.2) is 18.2 Å². The minimum Gasteiger partial charge on any atom is -0.475 e. The van der Waals surface area contributed by atoms with E-state index in [0.717, 1.165) is 6.07 Å². The molecule has 0 aliphatic rings. The lowest BCUT2D eigenvalue weighted by atomic mass is 10.1. The lowest BCUT2D eigenvalue weighted by Crippen LogP contribution is -2.15. The molecule has 0 amide bonds. The number of ketones is 1. The molecule has 0 radical (unpaired) electrons. The van der Waals surface area contributed by atoms with E-state index in [2.05, 4.69) is 0 Å². The van der Waals surface area contributed by atoms with Gasteiger partial charge in [-0.15, -0.1) is 0 Å². The highest BCUT2D eigenvalue weighted by Gasteiger charge is 2.12. The van der Waals surface area contributed by atoms with Crippen LogP contribution in [0, 0.1) is 12.7 Å². The Hall–Kier alpha value is -1.71.